The minimum atomic E-state index is 0.115. The number of aliphatic hydroxyl groups is 1. The number of aromatic nitrogens is 1. The summed E-state index contributed by atoms with van der Waals surface area (Å²) in [7, 11) is 0. The highest BCUT2D eigenvalue weighted by molar-refractivity contribution is 7.12. The average Bonchev–Trinajstić information content (AvgIpc) is 3.19. The number of rotatable bonds is 4. The Morgan fingerprint density at radius 3 is 2.95 bits per heavy atom. The van der Waals surface area contributed by atoms with Gasteiger partial charge in [-0.15, -0.1) is 11.3 Å². The number of hydrogen-bond donors (Lipinski definition) is 1. The van der Waals surface area contributed by atoms with E-state index in [4.69, 9.17) is 5.11 Å². The zero-order valence-corrected chi connectivity index (χ0v) is 12.1. The second-order valence-corrected chi connectivity index (χ2v) is 6.06. The van der Waals surface area contributed by atoms with E-state index in [0.29, 0.717) is 5.92 Å². The van der Waals surface area contributed by atoms with Crippen LogP contribution in [0.5, 0.6) is 0 Å². The smallest absolute Gasteiger partial charge is 0.266 e. The van der Waals surface area contributed by atoms with Crippen LogP contribution in [-0.2, 0) is 0 Å². The van der Waals surface area contributed by atoms with Crippen LogP contribution < -0.4 is 0 Å². The summed E-state index contributed by atoms with van der Waals surface area (Å²) in [6, 6.07) is 5.90. The molecule has 0 spiro atoms. The summed E-state index contributed by atoms with van der Waals surface area (Å²) < 4.78 is 1.98. The molecule has 1 saturated heterocycles. The van der Waals surface area contributed by atoms with Crippen molar-refractivity contribution in [1.29, 1.82) is 0 Å². The molecule has 3 heterocycles. The van der Waals surface area contributed by atoms with Gasteiger partial charge in [-0.25, -0.2) is 0 Å². The molecule has 4 nitrogen and oxygen atoms in total. The molecule has 106 valence electrons. The highest BCUT2D eigenvalue weighted by atomic mass is 32.1. The zero-order chi connectivity index (χ0) is 13.9. The van der Waals surface area contributed by atoms with Gasteiger partial charge in [0.1, 0.15) is 4.88 Å². The van der Waals surface area contributed by atoms with Gasteiger partial charge in [-0.05, 0) is 42.3 Å². The Morgan fingerprint density at radius 1 is 1.40 bits per heavy atom. The van der Waals surface area contributed by atoms with Crippen LogP contribution in [0.25, 0.3) is 5.69 Å². The molecule has 1 unspecified atom stereocenters. The Hall–Kier alpha value is -1.59. The fourth-order valence-electron chi connectivity index (χ4n) is 2.74. The highest BCUT2D eigenvalue weighted by Crippen LogP contribution is 2.27. The minimum Gasteiger partial charge on any atom is -0.396 e. The predicted molar refractivity (Wildman–Crippen MR) is 79.4 cm³/mol. The molecule has 2 aromatic rings. The third-order valence-electron chi connectivity index (χ3n) is 3.83. The Balaban J connectivity index is 1.77. The van der Waals surface area contributed by atoms with Gasteiger partial charge in [-0.3, -0.25) is 4.79 Å². The third-order valence-corrected chi connectivity index (χ3v) is 4.72. The van der Waals surface area contributed by atoms with Gasteiger partial charge >= 0.3 is 0 Å². The van der Waals surface area contributed by atoms with Crippen LogP contribution in [0.1, 0.15) is 22.5 Å². The van der Waals surface area contributed by atoms with Crippen molar-refractivity contribution in [3.8, 4) is 5.69 Å². The fourth-order valence-corrected chi connectivity index (χ4v) is 3.60. The van der Waals surface area contributed by atoms with Gasteiger partial charge in [0.15, 0.2) is 0 Å². The molecule has 0 saturated carbocycles. The first-order valence-electron chi connectivity index (χ1n) is 6.90. The zero-order valence-electron chi connectivity index (χ0n) is 11.2. The molecule has 2 aromatic heterocycles. The average molecular weight is 290 g/mol. The van der Waals surface area contributed by atoms with E-state index in [-0.39, 0.29) is 12.5 Å². The lowest BCUT2D eigenvalue weighted by Gasteiger charge is -2.16. The van der Waals surface area contributed by atoms with E-state index in [1.54, 1.807) is 0 Å². The maximum absolute atomic E-state index is 12.6. The second kappa shape index (κ2) is 5.81. The predicted octanol–water partition coefficient (Wildman–Crippen LogP) is 2.38. The normalized spacial score (nSPS) is 18.6. The number of thiophene rings is 1. The maximum atomic E-state index is 12.6. The van der Waals surface area contributed by atoms with Crippen molar-refractivity contribution in [2.24, 2.45) is 5.92 Å². The maximum Gasteiger partial charge on any atom is 0.266 e. The summed E-state index contributed by atoms with van der Waals surface area (Å²) in [4.78, 5) is 15.3. The van der Waals surface area contributed by atoms with Gasteiger partial charge in [0.25, 0.3) is 5.91 Å². The van der Waals surface area contributed by atoms with E-state index in [1.165, 1.54) is 11.3 Å². The number of likely N-dealkylation sites (tertiary alicyclic amines) is 1. The van der Waals surface area contributed by atoms with Crippen LogP contribution in [-0.4, -0.2) is 40.2 Å². The lowest BCUT2D eigenvalue weighted by Crippen LogP contribution is -2.28. The molecule has 5 heteroatoms. The summed E-state index contributed by atoms with van der Waals surface area (Å²) in [6.45, 7) is 1.77. The standard InChI is InChI=1S/C15H18N2O2S/c18-9-4-12-3-8-17(11-12)15(19)14-13(5-10-20-14)16-6-1-2-7-16/h1-2,5-7,10,12,18H,3-4,8-9,11H2. The number of carbonyl (C=O) groups excluding carboxylic acids is 1. The molecule has 0 bridgehead atoms. The lowest BCUT2D eigenvalue weighted by molar-refractivity contribution is 0.0789. The van der Waals surface area contributed by atoms with Crippen molar-refractivity contribution in [3.63, 3.8) is 0 Å². The molecule has 1 fully saturated rings. The van der Waals surface area contributed by atoms with Crippen LogP contribution in [0.3, 0.4) is 0 Å². The first-order chi connectivity index (χ1) is 9.79. The highest BCUT2D eigenvalue weighted by Gasteiger charge is 2.28. The molecule has 1 atom stereocenters. The van der Waals surface area contributed by atoms with E-state index >= 15 is 0 Å². The molecule has 3 rings (SSSR count). The Bertz CT molecular complexity index is 576. The number of amides is 1. The van der Waals surface area contributed by atoms with E-state index in [9.17, 15) is 4.79 Å². The molecule has 0 aliphatic carbocycles. The molecule has 1 N–H and O–H groups in total. The Labute approximate surface area is 122 Å². The quantitative estimate of drug-likeness (QED) is 0.939. The third kappa shape index (κ3) is 2.51. The van der Waals surface area contributed by atoms with Gasteiger partial charge in [-0.1, -0.05) is 0 Å². The summed E-state index contributed by atoms with van der Waals surface area (Å²) in [5.74, 6) is 0.558. The first kappa shape index (κ1) is 13.4. The topological polar surface area (TPSA) is 45.5 Å². The van der Waals surface area contributed by atoms with Gasteiger partial charge < -0.3 is 14.6 Å². The molecular weight excluding hydrogens is 272 g/mol. The van der Waals surface area contributed by atoms with Crippen molar-refractivity contribution >= 4 is 17.2 Å². The number of aliphatic hydroxyl groups excluding tert-OH is 1. The van der Waals surface area contributed by atoms with Crippen LogP contribution in [0.2, 0.25) is 0 Å². The monoisotopic (exact) mass is 290 g/mol. The second-order valence-electron chi connectivity index (χ2n) is 5.14. The lowest BCUT2D eigenvalue weighted by atomic mass is 10.1. The van der Waals surface area contributed by atoms with E-state index in [0.717, 1.165) is 36.5 Å². The van der Waals surface area contributed by atoms with Crippen LogP contribution in [0, 0.1) is 5.92 Å². The number of hydrogen-bond acceptors (Lipinski definition) is 3. The number of nitrogens with zero attached hydrogens (tertiary/aromatic N) is 2. The largest absolute Gasteiger partial charge is 0.396 e. The van der Waals surface area contributed by atoms with E-state index in [2.05, 4.69) is 0 Å². The van der Waals surface area contributed by atoms with Crippen LogP contribution in [0.15, 0.2) is 36.0 Å². The fraction of sp³-hybridized carbons (Fsp3) is 0.400. The molecule has 0 radical (unpaired) electrons. The summed E-state index contributed by atoms with van der Waals surface area (Å²) >= 11 is 1.50. The SMILES string of the molecule is O=C(c1sccc1-n1cccc1)N1CCC(CCO)C1. The van der Waals surface area contributed by atoms with Crippen LogP contribution in [0.4, 0.5) is 0 Å². The van der Waals surface area contributed by atoms with Gasteiger partial charge in [0.2, 0.25) is 0 Å². The van der Waals surface area contributed by atoms with E-state index in [1.807, 2.05) is 45.4 Å². The Kier molecular flexibility index (Phi) is 3.89. The minimum absolute atomic E-state index is 0.115. The van der Waals surface area contributed by atoms with Crippen molar-refractivity contribution in [2.75, 3.05) is 19.7 Å². The molecule has 20 heavy (non-hydrogen) atoms. The molecule has 1 aliphatic heterocycles. The van der Waals surface area contributed by atoms with Crippen LogP contribution >= 0.6 is 11.3 Å². The molecule has 1 amide bonds. The Morgan fingerprint density at radius 2 is 2.20 bits per heavy atom. The van der Waals surface area contributed by atoms with Crippen molar-refractivity contribution in [3.05, 3.63) is 40.8 Å². The van der Waals surface area contributed by atoms with E-state index < -0.39 is 0 Å². The van der Waals surface area contributed by atoms with Gasteiger partial charge in [0, 0.05) is 32.1 Å². The van der Waals surface area contributed by atoms with Crippen molar-refractivity contribution in [2.45, 2.75) is 12.8 Å². The van der Waals surface area contributed by atoms with Gasteiger partial charge in [0.05, 0.1) is 5.69 Å². The summed E-state index contributed by atoms with van der Waals surface area (Å²) in [5, 5.41) is 11.0. The first-order valence-corrected chi connectivity index (χ1v) is 7.78. The number of carbonyl (C=O) groups is 1. The summed E-state index contributed by atoms with van der Waals surface area (Å²) in [6.07, 6.45) is 5.70. The summed E-state index contributed by atoms with van der Waals surface area (Å²) in [5.41, 5.74) is 0.954. The molecular formula is C15H18N2O2S. The molecule has 1 aliphatic rings. The van der Waals surface area contributed by atoms with Gasteiger partial charge in [-0.2, -0.15) is 0 Å². The molecule has 0 aromatic carbocycles. The van der Waals surface area contributed by atoms with Crippen molar-refractivity contribution in [1.82, 2.24) is 9.47 Å². The van der Waals surface area contributed by atoms with Crippen molar-refractivity contribution < 1.29 is 9.90 Å².